The van der Waals surface area contributed by atoms with Gasteiger partial charge in [-0.1, -0.05) is 35.9 Å². The summed E-state index contributed by atoms with van der Waals surface area (Å²) in [5.41, 5.74) is 9.15. The van der Waals surface area contributed by atoms with Gasteiger partial charge in [0.1, 0.15) is 17.3 Å². The van der Waals surface area contributed by atoms with E-state index in [1.807, 2.05) is 18.2 Å². The number of nitrogen functional groups attached to an aromatic ring is 1. The normalized spacial score (nSPS) is 16.2. The molecule has 0 unspecified atom stereocenters. The Labute approximate surface area is 169 Å². The number of hydrogen-bond acceptors (Lipinski definition) is 6. The fourth-order valence-electron chi connectivity index (χ4n) is 3.43. The summed E-state index contributed by atoms with van der Waals surface area (Å²) < 4.78 is 0. The van der Waals surface area contributed by atoms with Crippen LogP contribution in [0.3, 0.4) is 0 Å². The van der Waals surface area contributed by atoms with E-state index in [1.165, 1.54) is 11.9 Å². The van der Waals surface area contributed by atoms with Gasteiger partial charge < -0.3 is 5.73 Å². The molecule has 6 nitrogen and oxygen atoms in total. The van der Waals surface area contributed by atoms with Crippen LogP contribution in [-0.2, 0) is 6.54 Å². The van der Waals surface area contributed by atoms with E-state index in [-0.39, 0.29) is 0 Å². The Bertz CT molecular complexity index is 964. The molecule has 3 heterocycles. The van der Waals surface area contributed by atoms with Crippen molar-refractivity contribution in [2.24, 2.45) is 0 Å². The minimum atomic E-state index is 0.524. The number of benzene rings is 1. The second-order valence-electron chi connectivity index (χ2n) is 7.00. The van der Waals surface area contributed by atoms with Crippen LogP contribution in [0.5, 0.6) is 0 Å². The quantitative estimate of drug-likeness (QED) is 0.670. The SMILES string of the molecule is Nc1ncnc2cc(CN3CCN(CC=Cc4ccc(Cl)nc4)CC3)ccc12. The summed E-state index contributed by atoms with van der Waals surface area (Å²) in [7, 11) is 0. The number of anilines is 1. The van der Waals surface area contributed by atoms with E-state index in [4.69, 9.17) is 17.3 Å². The van der Waals surface area contributed by atoms with Gasteiger partial charge in [-0.05, 0) is 29.3 Å². The van der Waals surface area contributed by atoms with Crippen molar-refractivity contribution in [3.8, 4) is 0 Å². The number of nitrogens with two attached hydrogens (primary N) is 1. The van der Waals surface area contributed by atoms with Crippen molar-refractivity contribution in [2.45, 2.75) is 6.54 Å². The molecule has 2 aromatic heterocycles. The van der Waals surface area contributed by atoms with Gasteiger partial charge in [0.2, 0.25) is 0 Å². The first kappa shape index (κ1) is 18.8. The molecular formula is C21H23ClN6. The summed E-state index contributed by atoms with van der Waals surface area (Å²) in [6.45, 7) is 6.11. The molecular weight excluding hydrogens is 372 g/mol. The van der Waals surface area contributed by atoms with E-state index in [9.17, 15) is 0 Å². The molecule has 2 N–H and O–H groups in total. The average Bonchev–Trinajstić information content (AvgIpc) is 2.71. The Kier molecular flexibility index (Phi) is 5.81. The van der Waals surface area contributed by atoms with Gasteiger partial charge in [0.25, 0.3) is 0 Å². The molecule has 3 aromatic rings. The van der Waals surface area contributed by atoms with Gasteiger partial charge in [-0.15, -0.1) is 0 Å². The van der Waals surface area contributed by atoms with Crippen LogP contribution >= 0.6 is 11.6 Å². The van der Waals surface area contributed by atoms with Gasteiger partial charge in [-0.25, -0.2) is 15.0 Å². The number of fused-ring (bicyclic) bond motifs is 1. The first-order valence-electron chi connectivity index (χ1n) is 9.39. The standard InChI is InChI=1S/C21H23ClN6/c22-20-6-4-16(13-24-20)2-1-7-27-8-10-28(11-9-27)14-17-3-5-18-19(12-17)25-15-26-21(18)23/h1-6,12-13,15H,7-11,14H2,(H2,23,25,26). The lowest BCUT2D eigenvalue weighted by Gasteiger charge is -2.34. The first-order valence-corrected chi connectivity index (χ1v) is 9.77. The number of pyridine rings is 1. The van der Waals surface area contributed by atoms with Crippen LogP contribution in [-0.4, -0.2) is 57.5 Å². The number of aromatic nitrogens is 3. The van der Waals surface area contributed by atoms with Crippen LogP contribution in [0, 0.1) is 0 Å². The molecule has 0 aliphatic carbocycles. The number of rotatable bonds is 5. The van der Waals surface area contributed by atoms with Gasteiger partial charge >= 0.3 is 0 Å². The van der Waals surface area contributed by atoms with Gasteiger partial charge in [0, 0.05) is 50.9 Å². The highest BCUT2D eigenvalue weighted by molar-refractivity contribution is 6.29. The third kappa shape index (κ3) is 4.65. The zero-order valence-electron chi connectivity index (χ0n) is 15.6. The van der Waals surface area contributed by atoms with Crippen molar-refractivity contribution in [3.63, 3.8) is 0 Å². The predicted octanol–water partition coefficient (Wildman–Crippen LogP) is 3.09. The average molecular weight is 395 g/mol. The zero-order chi connectivity index (χ0) is 19.3. The number of hydrogen-bond donors (Lipinski definition) is 1. The molecule has 0 bridgehead atoms. The van der Waals surface area contributed by atoms with Crippen LogP contribution in [0.1, 0.15) is 11.1 Å². The molecule has 1 aliphatic rings. The maximum atomic E-state index is 5.91. The lowest BCUT2D eigenvalue weighted by Crippen LogP contribution is -2.45. The van der Waals surface area contributed by atoms with Crippen LogP contribution in [0.4, 0.5) is 5.82 Å². The minimum Gasteiger partial charge on any atom is -0.383 e. The molecule has 0 spiro atoms. The molecule has 1 aromatic carbocycles. The molecule has 4 rings (SSSR count). The van der Waals surface area contributed by atoms with E-state index in [1.54, 1.807) is 6.20 Å². The molecule has 7 heteroatoms. The summed E-state index contributed by atoms with van der Waals surface area (Å²) >= 11 is 5.81. The number of halogens is 1. The summed E-state index contributed by atoms with van der Waals surface area (Å²) in [6, 6.07) is 10.0. The highest BCUT2D eigenvalue weighted by Gasteiger charge is 2.16. The van der Waals surface area contributed by atoms with Crippen LogP contribution in [0.25, 0.3) is 17.0 Å². The van der Waals surface area contributed by atoms with Crippen molar-refractivity contribution in [2.75, 3.05) is 38.5 Å². The minimum absolute atomic E-state index is 0.524. The van der Waals surface area contributed by atoms with Gasteiger partial charge in [-0.2, -0.15) is 0 Å². The van der Waals surface area contributed by atoms with E-state index < -0.39 is 0 Å². The topological polar surface area (TPSA) is 71.2 Å². The third-order valence-corrected chi connectivity index (χ3v) is 5.25. The number of piperazine rings is 1. The summed E-state index contributed by atoms with van der Waals surface area (Å²) in [5, 5.41) is 1.44. The Morgan fingerprint density at radius 3 is 2.61 bits per heavy atom. The second-order valence-corrected chi connectivity index (χ2v) is 7.39. The van der Waals surface area contributed by atoms with Crippen molar-refractivity contribution in [1.29, 1.82) is 0 Å². The van der Waals surface area contributed by atoms with Gasteiger partial charge in [0.05, 0.1) is 5.52 Å². The van der Waals surface area contributed by atoms with Gasteiger partial charge in [-0.3, -0.25) is 9.80 Å². The molecule has 144 valence electrons. The second kappa shape index (κ2) is 8.65. The summed E-state index contributed by atoms with van der Waals surface area (Å²) in [6.07, 6.45) is 7.60. The molecule has 1 aliphatic heterocycles. The van der Waals surface area contributed by atoms with E-state index in [2.05, 4.69) is 49.0 Å². The smallest absolute Gasteiger partial charge is 0.134 e. The fraction of sp³-hybridized carbons (Fsp3) is 0.286. The highest BCUT2D eigenvalue weighted by atomic mass is 35.5. The lowest BCUT2D eigenvalue weighted by molar-refractivity contribution is 0.137. The number of nitrogens with zero attached hydrogens (tertiary/aromatic N) is 5. The lowest BCUT2D eigenvalue weighted by atomic mass is 10.1. The molecule has 1 fully saturated rings. The maximum absolute atomic E-state index is 5.91. The monoisotopic (exact) mass is 394 g/mol. The third-order valence-electron chi connectivity index (χ3n) is 5.03. The highest BCUT2D eigenvalue weighted by Crippen LogP contribution is 2.19. The molecule has 0 amide bonds. The van der Waals surface area contributed by atoms with Crippen LogP contribution < -0.4 is 5.73 Å². The van der Waals surface area contributed by atoms with Crippen molar-refractivity contribution in [3.05, 3.63) is 65.2 Å². The van der Waals surface area contributed by atoms with Gasteiger partial charge in [0.15, 0.2) is 0 Å². The van der Waals surface area contributed by atoms with Crippen molar-refractivity contribution < 1.29 is 0 Å². The molecule has 0 saturated carbocycles. The van der Waals surface area contributed by atoms with E-state index in [0.717, 1.165) is 55.7 Å². The van der Waals surface area contributed by atoms with Crippen LogP contribution in [0.2, 0.25) is 5.15 Å². The zero-order valence-corrected chi connectivity index (χ0v) is 16.4. The van der Waals surface area contributed by atoms with Crippen LogP contribution in [0.15, 0.2) is 48.9 Å². The molecule has 0 atom stereocenters. The van der Waals surface area contributed by atoms with E-state index in [0.29, 0.717) is 11.0 Å². The maximum Gasteiger partial charge on any atom is 0.134 e. The largest absolute Gasteiger partial charge is 0.383 e. The Morgan fingerprint density at radius 1 is 1.00 bits per heavy atom. The summed E-state index contributed by atoms with van der Waals surface area (Å²) in [4.78, 5) is 17.4. The molecule has 28 heavy (non-hydrogen) atoms. The predicted molar refractivity (Wildman–Crippen MR) is 114 cm³/mol. The Balaban J connectivity index is 1.28. The van der Waals surface area contributed by atoms with Crippen molar-refractivity contribution >= 4 is 34.4 Å². The summed E-state index contributed by atoms with van der Waals surface area (Å²) in [5.74, 6) is 0.535. The van der Waals surface area contributed by atoms with E-state index >= 15 is 0 Å². The Hall–Kier alpha value is -2.54. The first-order chi connectivity index (χ1) is 13.7. The fourth-order valence-corrected chi connectivity index (χ4v) is 3.55. The van der Waals surface area contributed by atoms with Crippen molar-refractivity contribution in [1.82, 2.24) is 24.8 Å². The molecule has 0 radical (unpaired) electrons. The Morgan fingerprint density at radius 2 is 1.82 bits per heavy atom. The molecule has 1 saturated heterocycles.